The van der Waals surface area contributed by atoms with Crippen LogP contribution in [0.2, 0.25) is 0 Å². The minimum absolute atomic E-state index is 0.696. The Hall–Kier alpha value is -1.57. The molecule has 0 aliphatic heterocycles. The first kappa shape index (κ1) is 14.5. The molecule has 0 atom stereocenters. The van der Waals surface area contributed by atoms with E-state index in [-0.39, 0.29) is 0 Å². The van der Waals surface area contributed by atoms with Gasteiger partial charge in [-0.2, -0.15) is 5.26 Å². The zero-order valence-corrected chi connectivity index (χ0v) is 11.4. The molecule has 4 heteroatoms. The van der Waals surface area contributed by atoms with Gasteiger partial charge in [-0.15, -0.1) is 0 Å². The normalized spacial score (nSPS) is 10.1. The summed E-state index contributed by atoms with van der Waals surface area (Å²) in [7, 11) is 3.68. The number of ether oxygens (including phenoxy) is 1. The highest BCUT2D eigenvalue weighted by molar-refractivity contribution is 5.60. The Bertz CT molecular complexity index is 412. The van der Waals surface area contributed by atoms with Gasteiger partial charge in [0, 0.05) is 33.8 Å². The van der Waals surface area contributed by atoms with E-state index in [1.54, 1.807) is 7.11 Å². The van der Waals surface area contributed by atoms with Gasteiger partial charge in [0.05, 0.1) is 17.9 Å². The van der Waals surface area contributed by atoms with Crippen molar-refractivity contribution < 1.29 is 4.74 Å². The molecule has 98 valence electrons. The smallest absolute Gasteiger partial charge is 0.101 e. The Morgan fingerprint density at radius 1 is 1.44 bits per heavy atom. The molecule has 0 aliphatic carbocycles. The second kappa shape index (κ2) is 7.70. The topological polar surface area (TPSA) is 48.3 Å². The molecule has 0 aliphatic rings. The van der Waals surface area contributed by atoms with Gasteiger partial charge in [-0.3, -0.25) is 0 Å². The fraction of sp³-hybridized carbons (Fsp3) is 0.500. The average molecular weight is 247 g/mol. The molecule has 1 rings (SSSR count). The van der Waals surface area contributed by atoms with Crippen molar-refractivity contribution in [1.29, 1.82) is 5.26 Å². The predicted octanol–water partition coefficient (Wildman–Crippen LogP) is 1.75. The lowest BCUT2D eigenvalue weighted by Gasteiger charge is -2.18. The van der Waals surface area contributed by atoms with Crippen LogP contribution in [0.1, 0.15) is 18.1 Å². The zero-order valence-electron chi connectivity index (χ0n) is 11.4. The second-order valence-corrected chi connectivity index (χ2v) is 4.15. The van der Waals surface area contributed by atoms with Crippen molar-refractivity contribution in [3.8, 4) is 6.07 Å². The maximum absolute atomic E-state index is 9.18. The number of hydrogen-bond acceptors (Lipinski definition) is 4. The molecule has 0 bridgehead atoms. The summed E-state index contributed by atoms with van der Waals surface area (Å²) in [5.74, 6) is 0. The van der Waals surface area contributed by atoms with Crippen LogP contribution in [0, 0.1) is 11.3 Å². The Morgan fingerprint density at radius 2 is 2.22 bits per heavy atom. The van der Waals surface area contributed by atoms with Crippen LogP contribution in [0.15, 0.2) is 18.2 Å². The minimum atomic E-state index is 0.696. The molecule has 0 heterocycles. The highest BCUT2D eigenvalue weighted by atomic mass is 16.5. The van der Waals surface area contributed by atoms with E-state index in [4.69, 9.17) is 4.74 Å². The van der Waals surface area contributed by atoms with Crippen LogP contribution in [0.5, 0.6) is 0 Å². The van der Waals surface area contributed by atoms with Crippen LogP contribution in [0.4, 0.5) is 5.69 Å². The van der Waals surface area contributed by atoms with E-state index in [0.717, 1.165) is 36.4 Å². The first-order valence-corrected chi connectivity index (χ1v) is 6.16. The first-order chi connectivity index (χ1) is 8.72. The van der Waals surface area contributed by atoms with Gasteiger partial charge in [0.1, 0.15) is 6.07 Å². The lowest BCUT2D eigenvalue weighted by Crippen LogP contribution is -2.19. The second-order valence-electron chi connectivity index (χ2n) is 4.15. The van der Waals surface area contributed by atoms with Crippen molar-refractivity contribution in [2.45, 2.75) is 13.5 Å². The molecule has 0 saturated heterocycles. The first-order valence-electron chi connectivity index (χ1n) is 6.16. The van der Waals surface area contributed by atoms with Crippen LogP contribution in [-0.4, -0.2) is 33.9 Å². The minimum Gasteiger partial charge on any atom is -0.383 e. The van der Waals surface area contributed by atoms with E-state index < -0.39 is 0 Å². The molecule has 0 saturated carbocycles. The number of nitriles is 1. The number of nitrogens with one attached hydrogen (secondary N) is 1. The molecule has 0 radical (unpaired) electrons. The van der Waals surface area contributed by atoms with Gasteiger partial charge >= 0.3 is 0 Å². The van der Waals surface area contributed by atoms with Crippen molar-refractivity contribution in [3.05, 3.63) is 29.3 Å². The standard InChI is InChI=1S/C14H21N3O/c1-4-17(2)14-6-5-12(9-13(14)10-15)11-16-7-8-18-3/h5-6,9,16H,4,7-8,11H2,1-3H3. The molecule has 18 heavy (non-hydrogen) atoms. The summed E-state index contributed by atoms with van der Waals surface area (Å²) in [4.78, 5) is 2.07. The van der Waals surface area contributed by atoms with Crippen LogP contribution in [-0.2, 0) is 11.3 Å². The maximum Gasteiger partial charge on any atom is 0.101 e. The highest BCUT2D eigenvalue weighted by Gasteiger charge is 2.06. The van der Waals surface area contributed by atoms with E-state index >= 15 is 0 Å². The number of hydrogen-bond donors (Lipinski definition) is 1. The number of anilines is 1. The summed E-state index contributed by atoms with van der Waals surface area (Å²) < 4.78 is 4.97. The molecular formula is C14H21N3O. The molecule has 0 fully saturated rings. The summed E-state index contributed by atoms with van der Waals surface area (Å²) in [6.07, 6.45) is 0. The van der Waals surface area contributed by atoms with Gasteiger partial charge in [0.25, 0.3) is 0 Å². The van der Waals surface area contributed by atoms with Crippen molar-refractivity contribution in [1.82, 2.24) is 5.32 Å². The summed E-state index contributed by atoms with van der Waals surface area (Å²) in [6.45, 7) is 5.23. The molecule has 1 aromatic carbocycles. The third kappa shape index (κ3) is 4.02. The maximum atomic E-state index is 9.18. The average Bonchev–Trinajstić information content (AvgIpc) is 2.42. The van der Waals surface area contributed by atoms with Crippen LogP contribution >= 0.6 is 0 Å². The van der Waals surface area contributed by atoms with Gasteiger partial charge < -0.3 is 15.0 Å². The lowest BCUT2D eigenvalue weighted by molar-refractivity contribution is 0.199. The van der Waals surface area contributed by atoms with Crippen LogP contribution in [0.3, 0.4) is 0 Å². The summed E-state index contributed by atoms with van der Waals surface area (Å²) in [6, 6.07) is 8.27. The molecule has 0 aromatic heterocycles. The van der Waals surface area contributed by atoms with E-state index in [9.17, 15) is 5.26 Å². The molecule has 0 spiro atoms. The van der Waals surface area contributed by atoms with Crippen molar-refractivity contribution in [2.75, 3.05) is 38.8 Å². The van der Waals surface area contributed by atoms with Crippen molar-refractivity contribution in [3.63, 3.8) is 0 Å². The Labute approximate surface area is 109 Å². The monoisotopic (exact) mass is 247 g/mol. The molecule has 1 aromatic rings. The van der Waals surface area contributed by atoms with Crippen molar-refractivity contribution >= 4 is 5.69 Å². The zero-order chi connectivity index (χ0) is 13.4. The fourth-order valence-corrected chi connectivity index (χ4v) is 1.69. The van der Waals surface area contributed by atoms with Gasteiger partial charge in [-0.1, -0.05) is 6.07 Å². The molecule has 4 nitrogen and oxygen atoms in total. The van der Waals surface area contributed by atoms with Crippen LogP contribution < -0.4 is 10.2 Å². The Morgan fingerprint density at radius 3 is 2.83 bits per heavy atom. The Balaban J connectivity index is 2.70. The summed E-state index contributed by atoms with van der Waals surface area (Å²) in [5.41, 5.74) is 2.84. The summed E-state index contributed by atoms with van der Waals surface area (Å²) >= 11 is 0. The van der Waals surface area contributed by atoms with Gasteiger partial charge in [-0.25, -0.2) is 0 Å². The number of benzene rings is 1. The van der Waals surface area contributed by atoms with Crippen LogP contribution in [0.25, 0.3) is 0 Å². The Kier molecular flexibility index (Phi) is 6.20. The van der Waals surface area contributed by atoms with Gasteiger partial charge in [0.2, 0.25) is 0 Å². The van der Waals surface area contributed by atoms with E-state index in [2.05, 4.69) is 29.3 Å². The van der Waals surface area contributed by atoms with Crippen molar-refractivity contribution in [2.24, 2.45) is 0 Å². The van der Waals surface area contributed by atoms with Gasteiger partial charge in [-0.05, 0) is 24.6 Å². The molecule has 1 N–H and O–H groups in total. The van der Waals surface area contributed by atoms with E-state index in [1.807, 2.05) is 19.2 Å². The summed E-state index contributed by atoms with van der Waals surface area (Å²) in [5, 5.41) is 12.4. The van der Waals surface area contributed by atoms with E-state index in [0.29, 0.717) is 6.61 Å². The SMILES string of the molecule is CCN(C)c1ccc(CNCCOC)cc1C#N. The highest BCUT2D eigenvalue weighted by Crippen LogP contribution is 2.20. The fourth-order valence-electron chi connectivity index (χ4n) is 1.69. The largest absolute Gasteiger partial charge is 0.383 e. The lowest BCUT2D eigenvalue weighted by atomic mass is 10.1. The molecule has 0 amide bonds. The van der Waals surface area contributed by atoms with Gasteiger partial charge in [0.15, 0.2) is 0 Å². The third-order valence-corrected chi connectivity index (χ3v) is 2.88. The third-order valence-electron chi connectivity index (χ3n) is 2.88. The molecule has 0 unspecified atom stereocenters. The molecular weight excluding hydrogens is 226 g/mol. The number of nitrogens with zero attached hydrogens (tertiary/aromatic N) is 2. The quantitative estimate of drug-likeness (QED) is 0.746. The number of methoxy groups -OCH3 is 1. The number of rotatable bonds is 7. The predicted molar refractivity (Wildman–Crippen MR) is 73.7 cm³/mol. The van der Waals surface area contributed by atoms with E-state index in [1.165, 1.54) is 0 Å².